The lowest BCUT2D eigenvalue weighted by molar-refractivity contribution is 0.368. The van der Waals surface area contributed by atoms with Crippen LogP contribution in [0.2, 0.25) is 0 Å². The Bertz CT molecular complexity index is 863. The summed E-state index contributed by atoms with van der Waals surface area (Å²) in [6.07, 6.45) is 4.01. The fraction of sp³-hybridized carbons (Fsp3) is 0.526. The van der Waals surface area contributed by atoms with E-state index in [-0.39, 0.29) is 12.0 Å². The number of nitrogens with one attached hydrogen (secondary N) is 1. The van der Waals surface area contributed by atoms with Gasteiger partial charge in [0, 0.05) is 17.5 Å². The molecular weight excluding hydrogens is 336 g/mol. The van der Waals surface area contributed by atoms with E-state index in [1.807, 2.05) is 39.8 Å². The van der Waals surface area contributed by atoms with Gasteiger partial charge in [-0.3, -0.25) is 0 Å². The van der Waals surface area contributed by atoms with Crippen molar-refractivity contribution in [2.24, 2.45) is 0 Å². The van der Waals surface area contributed by atoms with Crippen LogP contribution < -0.4 is 4.72 Å². The molecule has 1 N–H and O–H groups in total. The second-order valence-corrected chi connectivity index (χ2v) is 8.93. The van der Waals surface area contributed by atoms with Crippen molar-refractivity contribution in [1.29, 1.82) is 0 Å². The van der Waals surface area contributed by atoms with Crippen LogP contribution in [0.25, 0.3) is 11.1 Å². The molecule has 0 bridgehead atoms. The first-order valence-electron chi connectivity index (χ1n) is 8.89. The van der Waals surface area contributed by atoms with E-state index in [9.17, 15) is 8.42 Å². The molecule has 1 heterocycles. The quantitative estimate of drug-likeness (QED) is 0.860. The van der Waals surface area contributed by atoms with E-state index in [0.717, 1.165) is 53.8 Å². The van der Waals surface area contributed by atoms with E-state index in [1.165, 1.54) is 0 Å². The molecule has 0 atom stereocenters. The normalized spacial score (nSPS) is 16.0. The minimum absolute atomic E-state index is 0.0524. The summed E-state index contributed by atoms with van der Waals surface area (Å²) in [5.74, 6) is 0.961. The Balaban J connectivity index is 2.03. The van der Waals surface area contributed by atoms with Gasteiger partial charge in [0.1, 0.15) is 5.76 Å². The molecule has 0 amide bonds. The van der Waals surface area contributed by atoms with E-state index in [0.29, 0.717) is 4.90 Å². The Labute approximate surface area is 149 Å². The highest BCUT2D eigenvalue weighted by Gasteiger charge is 2.26. The molecule has 0 unspecified atom stereocenters. The Morgan fingerprint density at radius 3 is 2.52 bits per heavy atom. The van der Waals surface area contributed by atoms with Crippen LogP contribution >= 0.6 is 0 Å². The monoisotopic (exact) mass is 362 g/mol. The highest BCUT2D eigenvalue weighted by atomic mass is 32.2. The second-order valence-electron chi connectivity index (χ2n) is 7.24. The Kier molecular flexibility index (Phi) is 5.02. The predicted molar refractivity (Wildman–Crippen MR) is 98.1 cm³/mol. The van der Waals surface area contributed by atoms with Gasteiger partial charge in [-0.2, -0.15) is 0 Å². The van der Waals surface area contributed by atoms with E-state index in [1.54, 1.807) is 6.07 Å². The topological polar surface area (TPSA) is 72.2 Å². The standard InChI is InChI=1S/C19H26N2O3S/c1-12(2)19-18(14(4)20-24-19)15-10-9-13(3)17(11-15)25(22,23)21-16-7-5-6-8-16/h9-12,16,21H,5-8H2,1-4H3. The number of aryl methyl sites for hydroxylation is 2. The number of nitrogens with zero attached hydrogens (tertiary/aromatic N) is 1. The minimum atomic E-state index is -3.53. The third-order valence-electron chi connectivity index (χ3n) is 4.86. The van der Waals surface area contributed by atoms with Crippen LogP contribution in [-0.2, 0) is 10.0 Å². The van der Waals surface area contributed by atoms with E-state index in [4.69, 9.17) is 4.52 Å². The molecular formula is C19H26N2O3S. The fourth-order valence-electron chi connectivity index (χ4n) is 3.50. The van der Waals surface area contributed by atoms with E-state index in [2.05, 4.69) is 9.88 Å². The summed E-state index contributed by atoms with van der Waals surface area (Å²) in [4.78, 5) is 0.340. The molecule has 6 heteroatoms. The first-order chi connectivity index (χ1) is 11.8. The van der Waals surface area contributed by atoms with Crippen molar-refractivity contribution in [2.45, 2.75) is 70.2 Å². The van der Waals surface area contributed by atoms with Crippen molar-refractivity contribution in [3.63, 3.8) is 0 Å². The average Bonchev–Trinajstić information content (AvgIpc) is 3.17. The van der Waals surface area contributed by atoms with Gasteiger partial charge >= 0.3 is 0 Å². The molecule has 0 aliphatic heterocycles. The summed E-state index contributed by atoms with van der Waals surface area (Å²) in [5, 5.41) is 4.07. The molecule has 0 spiro atoms. The van der Waals surface area contributed by atoms with Gasteiger partial charge in [-0.25, -0.2) is 13.1 Å². The smallest absolute Gasteiger partial charge is 0.241 e. The summed E-state index contributed by atoms with van der Waals surface area (Å²) in [5.41, 5.74) is 3.25. The lowest BCUT2D eigenvalue weighted by Gasteiger charge is -2.15. The van der Waals surface area contributed by atoms with Crippen LogP contribution in [0, 0.1) is 13.8 Å². The first kappa shape index (κ1) is 18.1. The third-order valence-corrected chi connectivity index (χ3v) is 6.52. The van der Waals surface area contributed by atoms with Crippen molar-refractivity contribution in [1.82, 2.24) is 9.88 Å². The maximum absolute atomic E-state index is 12.9. The molecule has 0 radical (unpaired) electrons. The van der Waals surface area contributed by atoms with Crippen LogP contribution in [0.3, 0.4) is 0 Å². The summed E-state index contributed by atoms with van der Waals surface area (Å²) >= 11 is 0. The third kappa shape index (κ3) is 3.65. The Morgan fingerprint density at radius 1 is 1.20 bits per heavy atom. The van der Waals surface area contributed by atoms with Crippen molar-refractivity contribution in [2.75, 3.05) is 0 Å². The van der Waals surface area contributed by atoms with Crippen LogP contribution in [-0.4, -0.2) is 19.6 Å². The average molecular weight is 362 g/mol. The zero-order valence-electron chi connectivity index (χ0n) is 15.3. The fourth-order valence-corrected chi connectivity index (χ4v) is 5.08. The molecule has 1 fully saturated rings. The highest BCUT2D eigenvalue weighted by Crippen LogP contribution is 2.34. The van der Waals surface area contributed by atoms with Crippen LogP contribution in [0.4, 0.5) is 0 Å². The molecule has 1 saturated carbocycles. The largest absolute Gasteiger partial charge is 0.360 e. The van der Waals surface area contributed by atoms with Gasteiger partial charge in [-0.1, -0.05) is 44.0 Å². The van der Waals surface area contributed by atoms with Crippen molar-refractivity contribution < 1.29 is 12.9 Å². The molecule has 25 heavy (non-hydrogen) atoms. The second kappa shape index (κ2) is 6.92. The minimum Gasteiger partial charge on any atom is -0.360 e. The number of sulfonamides is 1. The summed E-state index contributed by atoms with van der Waals surface area (Å²) < 4.78 is 34.1. The van der Waals surface area contributed by atoms with Crippen LogP contribution in [0.15, 0.2) is 27.6 Å². The van der Waals surface area contributed by atoms with Gasteiger partial charge in [0.2, 0.25) is 10.0 Å². The maximum atomic E-state index is 12.9. The zero-order chi connectivity index (χ0) is 18.2. The SMILES string of the molecule is Cc1ccc(-c2c(C)noc2C(C)C)cc1S(=O)(=O)NC1CCCC1. The molecule has 1 aliphatic carbocycles. The molecule has 136 valence electrons. The molecule has 3 rings (SSSR count). The van der Waals surface area contributed by atoms with Gasteiger partial charge in [0.15, 0.2) is 0 Å². The summed E-state index contributed by atoms with van der Waals surface area (Å²) in [7, 11) is -3.53. The summed E-state index contributed by atoms with van der Waals surface area (Å²) in [6, 6.07) is 5.60. The summed E-state index contributed by atoms with van der Waals surface area (Å²) in [6.45, 7) is 7.79. The van der Waals surface area contributed by atoms with Gasteiger partial charge in [-0.15, -0.1) is 0 Å². The lowest BCUT2D eigenvalue weighted by Crippen LogP contribution is -2.33. The number of hydrogen-bond acceptors (Lipinski definition) is 4. The number of hydrogen-bond donors (Lipinski definition) is 1. The molecule has 0 saturated heterocycles. The lowest BCUT2D eigenvalue weighted by atomic mass is 9.98. The van der Waals surface area contributed by atoms with Gasteiger partial charge < -0.3 is 4.52 Å². The zero-order valence-corrected chi connectivity index (χ0v) is 16.1. The number of rotatable bonds is 5. The van der Waals surface area contributed by atoms with Crippen molar-refractivity contribution in [3.05, 3.63) is 35.2 Å². The highest BCUT2D eigenvalue weighted by molar-refractivity contribution is 7.89. The molecule has 2 aromatic rings. The molecule has 1 aliphatic rings. The molecule has 5 nitrogen and oxygen atoms in total. The van der Waals surface area contributed by atoms with Gasteiger partial charge in [-0.05, 0) is 43.9 Å². The molecule has 1 aromatic carbocycles. The Morgan fingerprint density at radius 2 is 1.88 bits per heavy atom. The van der Waals surface area contributed by atoms with Gasteiger partial charge in [0.25, 0.3) is 0 Å². The number of benzene rings is 1. The first-order valence-corrected chi connectivity index (χ1v) is 10.4. The van der Waals surface area contributed by atoms with Crippen LogP contribution in [0.1, 0.15) is 62.5 Å². The Hall–Kier alpha value is -1.66. The van der Waals surface area contributed by atoms with Gasteiger partial charge in [0.05, 0.1) is 10.6 Å². The van der Waals surface area contributed by atoms with Crippen LogP contribution in [0.5, 0.6) is 0 Å². The maximum Gasteiger partial charge on any atom is 0.241 e. The number of aromatic nitrogens is 1. The van der Waals surface area contributed by atoms with Crippen molar-refractivity contribution >= 4 is 10.0 Å². The van der Waals surface area contributed by atoms with E-state index < -0.39 is 10.0 Å². The predicted octanol–water partition coefficient (Wildman–Crippen LogP) is 4.30. The van der Waals surface area contributed by atoms with E-state index >= 15 is 0 Å². The molecule has 1 aromatic heterocycles. The van der Waals surface area contributed by atoms with Crippen molar-refractivity contribution in [3.8, 4) is 11.1 Å².